The first kappa shape index (κ1) is 82.4. The Bertz CT molecular complexity index is 1630. The van der Waals surface area contributed by atoms with Crippen molar-refractivity contribution in [3.8, 4) is 0 Å². The van der Waals surface area contributed by atoms with Gasteiger partial charge in [0.15, 0.2) is 6.29 Å². The van der Waals surface area contributed by atoms with E-state index >= 15 is 0 Å². The van der Waals surface area contributed by atoms with Crippen molar-refractivity contribution in [1.29, 1.82) is 0 Å². The first-order valence-electron chi connectivity index (χ1n) is 37.1. The normalized spacial score (nSPS) is 18.2. The van der Waals surface area contributed by atoms with E-state index in [9.17, 15) is 35.1 Å². The summed E-state index contributed by atoms with van der Waals surface area (Å²) in [5.41, 5.74) is 0. The minimum absolute atomic E-state index is 0.00940. The lowest BCUT2D eigenvalue weighted by molar-refractivity contribution is -0.302. The van der Waals surface area contributed by atoms with Crippen LogP contribution in [0, 0.1) is 0 Å². The fraction of sp³-hybridized carbons (Fsp3) is 0.842. The summed E-state index contributed by atoms with van der Waals surface area (Å²) in [5.74, 6) is -0.184. The first-order valence-corrected chi connectivity index (χ1v) is 37.1. The third kappa shape index (κ3) is 53.7. The number of carbonyl (C=O) groups is 2. The molecule has 0 aromatic rings. The Morgan fingerprint density at radius 2 is 0.782 bits per heavy atom. The van der Waals surface area contributed by atoms with Crippen molar-refractivity contribution >= 4 is 11.9 Å². The lowest BCUT2D eigenvalue weighted by Crippen LogP contribution is -2.60. The molecule has 0 aromatic heterocycles. The highest BCUT2D eigenvalue weighted by Crippen LogP contribution is 2.23. The summed E-state index contributed by atoms with van der Waals surface area (Å²) in [7, 11) is 0. The quantitative estimate of drug-likeness (QED) is 0.0195. The molecule has 1 aliphatic rings. The first-order chi connectivity index (χ1) is 42.7. The Morgan fingerprint density at radius 3 is 1.23 bits per heavy atom. The van der Waals surface area contributed by atoms with E-state index in [1.165, 1.54) is 250 Å². The summed E-state index contributed by atoms with van der Waals surface area (Å²) in [6.45, 7) is 4.32. The molecule has 0 spiro atoms. The summed E-state index contributed by atoms with van der Waals surface area (Å²) < 4.78 is 16.7. The molecule has 87 heavy (non-hydrogen) atoms. The molecule has 0 aliphatic carbocycles. The Hall–Kier alpha value is -2.64. The van der Waals surface area contributed by atoms with Crippen LogP contribution in [0.2, 0.25) is 0 Å². The van der Waals surface area contributed by atoms with Crippen LogP contribution < -0.4 is 5.32 Å². The smallest absolute Gasteiger partial charge is 0.305 e. The number of carbonyl (C=O) groups excluding carboxylic acids is 2. The molecule has 508 valence electrons. The largest absolute Gasteiger partial charge is 0.466 e. The molecule has 7 unspecified atom stereocenters. The van der Waals surface area contributed by atoms with Gasteiger partial charge in [-0.15, -0.1) is 0 Å². The summed E-state index contributed by atoms with van der Waals surface area (Å²) in [6.07, 6.45) is 76.6. The molecule has 1 rings (SSSR count). The van der Waals surface area contributed by atoms with Crippen LogP contribution in [0.5, 0.6) is 0 Å². The van der Waals surface area contributed by atoms with Crippen molar-refractivity contribution in [2.45, 2.75) is 391 Å². The molecule has 0 aromatic carbocycles. The third-order valence-corrected chi connectivity index (χ3v) is 17.3. The molecule has 1 saturated heterocycles. The van der Waals surface area contributed by atoms with Gasteiger partial charge in [-0.1, -0.05) is 306 Å². The molecule has 1 fully saturated rings. The van der Waals surface area contributed by atoms with Crippen LogP contribution in [0.15, 0.2) is 60.8 Å². The van der Waals surface area contributed by atoms with Crippen LogP contribution in [0.25, 0.3) is 0 Å². The molecular formula is C76H139NO10. The number of nitrogens with one attached hydrogen (secondary N) is 1. The van der Waals surface area contributed by atoms with Crippen LogP contribution >= 0.6 is 0 Å². The zero-order valence-corrected chi connectivity index (χ0v) is 56.5. The van der Waals surface area contributed by atoms with Crippen LogP contribution in [0.1, 0.15) is 348 Å². The zero-order valence-electron chi connectivity index (χ0n) is 56.5. The van der Waals surface area contributed by atoms with Crippen LogP contribution in [0.3, 0.4) is 0 Å². The standard InChI is InChI=1S/C76H139NO10/c1-3-5-7-9-11-13-15-39-43-46-50-54-58-62-69(79)68(67-86-76-75(84)74(83)73(82)70(66-78)87-76)77-71(80)63-59-55-51-47-44-40-37-35-33-31-29-27-25-23-21-19-17-16-18-20-22-24-26-28-30-32-34-36-38-41-45-49-53-57-61-65-85-72(81)64-60-56-52-48-42-14-12-10-8-6-4-2/h11,13,18,20,24,26,43,46,58,62,68-70,73-76,78-79,82-84H,3-10,12,14-17,19,21-23,25,27-42,44-45,47-57,59-61,63-67H2,1-2H3,(H,77,80)/b13-11+,20-18-,26-24-,46-43+,62-58+. The van der Waals surface area contributed by atoms with Gasteiger partial charge in [-0.2, -0.15) is 0 Å². The molecule has 0 bridgehead atoms. The van der Waals surface area contributed by atoms with Gasteiger partial charge in [-0.05, 0) is 89.9 Å². The lowest BCUT2D eigenvalue weighted by atomic mass is 9.99. The summed E-state index contributed by atoms with van der Waals surface area (Å²) in [5, 5.41) is 54.5. The molecule has 7 atom stereocenters. The number of amides is 1. The van der Waals surface area contributed by atoms with Crippen molar-refractivity contribution < 1.29 is 49.3 Å². The van der Waals surface area contributed by atoms with Crippen molar-refractivity contribution in [2.75, 3.05) is 19.8 Å². The molecule has 11 nitrogen and oxygen atoms in total. The van der Waals surface area contributed by atoms with E-state index < -0.39 is 49.5 Å². The minimum Gasteiger partial charge on any atom is -0.466 e. The Balaban J connectivity index is 1.96. The second-order valence-corrected chi connectivity index (χ2v) is 25.6. The summed E-state index contributed by atoms with van der Waals surface area (Å²) >= 11 is 0. The van der Waals surface area contributed by atoms with E-state index in [2.05, 4.69) is 67.8 Å². The average molecular weight is 1230 g/mol. The van der Waals surface area contributed by atoms with Crippen molar-refractivity contribution in [2.24, 2.45) is 0 Å². The number of allylic oxidation sites excluding steroid dienone is 9. The number of rotatable bonds is 65. The van der Waals surface area contributed by atoms with Gasteiger partial charge in [0.1, 0.15) is 24.4 Å². The second kappa shape index (κ2) is 64.9. The predicted octanol–water partition coefficient (Wildman–Crippen LogP) is 19.3. The van der Waals surface area contributed by atoms with Gasteiger partial charge in [0.2, 0.25) is 5.91 Å². The molecule has 0 radical (unpaired) electrons. The van der Waals surface area contributed by atoms with Crippen LogP contribution in [-0.4, -0.2) is 100 Å². The van der Waals surface area contributed by atoms with Gasteiger partial charge < -0.3 is 45.1 Å². The maximum absolute atomic E-state index is 13.1. The summed E-state index contributed by atoms with van der Waals surface area (Å²) in [6, 6.07) is -0.834. The number of hydrogen-bond acceptors (Lipinski definition) is 10. The Labute approximate surface area is 535 Å². The minimum atomic E-state index is -1.58. The maximum atomic E-state index is 13.1. The predicted molar refractivity (Wildman–Crippen MR) is 366 cm³/mol. The molecule has 0 saturated carbocycles. The van der Waals surface area contributed by atoms with Gasteiger partial charge in [0.05, 0.1) is 32.0 Å². The van der Waals surface area contributed by atoms with Gasteiger partial charge in [0.25, 0.3) is 0 Å². The van der Waals surface area contributed by atoms with Gasteiger partial charge in [0, 0.05) is 12.8 Å². The highest BCUT2D eigenvalue weighted by atomic mass is 16.7. The fourth-order valence-corrected chi connectivity index (χ4v) is 11.5. The highest BCUT2D eigenvalue weighted by Gasteiger charge is 2.44. The third-order valence-electron chi connectivity index (χ3n) is 17.3. The number of unbranched alkanes of at least 4 members (excludes halogenated alkanes) is 43. The van der Waals surface area contributed by atoms with E-state index in [1.54, 1.807) is 6.08 Å². The van der Waals surface area contributed by atoms with Gasteiger partial charge in [-0.3, -0.25) is 9.59 Å². The SMILES string of the molecule is CCCCC/C=C/CC/C=C/CC/C=C/C(O)C(COC1OC(CO)C(O)C(O)C1O)NC(=O)CCCCCCCCCCCCCCCCCCC/C=C\C/C=C\CCCCCCCCCCCCCOC(=O)CCCCCCCCCCCCC. The molecule has 1 aliphatic heterocycles. The van der Waals surface area contributed by atoms with Crippen LogP contribution in [0.4, 0.5) is 0 Å². The molecule has 11 heteroatoms. The van der Waals surface area contributed by atoms with E-state index in [-0.39, 0.29) is 18.5 Å². The number of aliphatic hydroxyl groups is 5. The number of ether oxygens (including phenoxy) is 3. The van der Waals surface area contributed by atoms with Crippen molar-refractivity contribution in [1.82, 2.24) is 5.32 Å². The van der Waals surface area contributed by atoms with E-state index in [0.717, 1.165) is 70.6 Å². The van der Waals surface area contributed by atoms with Gasteiger partial charge in [-0.25, -0.2) is 0 Å². The van der Waals surface area contributed by atoms with Gasteiger partial charge >= 0.3 is 5.97 Å². The molecule has 1 amide bonds. The monoisotopic (exact) mass is 1230 g/mol. The number of esters is 1. The molecule has 6 N–H and O–H groups in total. The second-order valence-electron chi connectivity index (χ2n) is 25.6. The maximum Gasteiger partial charge on any atom is 0.305 e. The lowest BCUT2D eigenvalue weighted by Gasteiger charge is -2.40. The highest BCUT2D eigenvalue weighted by molar-refractivity contribution is 5.76. The summed E-state index contributed by atoms with van der Waals surface area (Å²) in [4.78, 5) is 25.1. The van der Waals surface area contributed by atoms with Crippen LogP contribution in [-0.2, 0) is 23.8 Å². The van der Waals surface area contributed by atoms with Crippen molar-refractivity contribution in [3.63, 3.8) is 0 Å². The Kier molecular flexibility index (Phi) is 61.4. The average Bonchev–Trinajstić information content (AvgIpc) is 3.11. The van der Waals surface area contributed by atoms with Crippen molar-refractivity contribution in [3.05, 3.63) is 60.8 Å². The Morgan fingerprint density at radius 1 is 0.425 bits per heavy atom. The topological polar surface area (TPSA) is 175 Å². The van der Waals surface area contributed by atoms with E-state index in [0.29, 0.717) is 19.4 Å². The van der Waals surface area contributed by atoms with E-state index in [4.69, 9.17) is 14.2 Å². The fourth-order valence-electron chi connectivity index (χ4n) is 11.5. The number of hydrogen-bond donors (Lipinski definition) is 6. The molecular weight excluding hydrogens is 1090 g/mol. The van der Waals surface area contributed by atoms with E-state index in [1.807, 2.05) is 6.08 Å². The number of aliphatic hydroxyl groups excluding tert-OH is 5. The molecule has 1 heterocycles. The zero-order chi connectivity index (χ0) is 63.0.